The Morgan fingerprint density at radius 3 is 2.67 bits per heavy atom. The lowest BCUT2D eigenvalue weighted by molar-refractivity contribution is 0.414. The lowest BCUT2D eigenvalue weighted by atomic mass is 10.1. The monoisotopic (exact) mass is 262 g/mol. The number of benzene rings is 1. The second-order valence-electron chi connectivity index (χ2n) is 4.43. The minimum atomic E-state index is 0.194. The van der Waals surface area contributed by atoms with Crippen LogP contribution in [-0.2, 0) is 12.8 Å². The smallest absolute Gasteiger partial charge is 0.118 e. The minimum absolute atomic E-state index is 0.194. The summed E-state index contributed by atoms with van der Waals surface area (Å²) in [4.78, 5) is 5.70. The highest BCUT2D eigenvalue weighted by atomic mass is 32.1. The van der Waals surface area contributed by atoms with Crippen molar-refractivity contribution in [2.45, 2.75) is 25.8 Å². The molecule has 2 N–H and O–H groups in total. The SMILES string of the molecule is COc1ccc(Cc2ncc(CC(C)N)s2)cc1. The van der Waals surface area contributed by atoms with Crippen molar-refractivity contribution in [3.05, 3.63) is 45.9 Å². The van der Waals surface area contributed by atoms with E-state index >= 15 is 0 Å². The van der Waals surface area contributed by atoms with Gasteiger partial charge >= 0.3 is 0 Å². The standard InChI is InChI=1S/C14H18N2OS/c1-10(15)7-13-9-16-14(18-13)8-11-3-5-12(17-2)6-4-11/h3-6,9-10H,7-8,15H2,1-2H3. The van der Waals surface area contributed by atoms with Gasteiger partial charge in [-0.05, 0) is 31.0 Å². The van der Waals surface area contributed by atoms with E-state index in [0.717, 1.165) is 23.6 Å². The van der Waals surface area contributed by atoms with Gasteiger partial charge in [-0.3, -0.25) is 0 Å². The van der Waals surface area contributed by atoms with Crippen LogP contribution < -0.4 is 10.5 Å². The van der Waals surface area contributed by atoms with Crippen LogP contribution in [0.4, 0.5) is 0 Å². The number of hydrogen-bond donors (Lipinski definition) is 1. The largest absolute Gasteiger partial charge is 0.497 e. The topological polar surface area (TPSA) is 48.1 Å². The zero-order chi connectivity index (χ0) is 13.0. The molecule has 18 heavy (non-hydrogen) atoms. The quantitative estimate of drug-likeness (QED) is 0.901. The van der Waals surface area contributed by atoms with Crippen LogP contribution >= 0.6 is 11.3 Å². The Labute approximate surface area is 112 Å². The molecule has 0 amide bonds. The Morgan fingerprint density at radius 1 is 1.33 bits per heavy atom. The third kappa shape index (κ3) is 3.55. The van der Waals surface area contributed by atoms with Crippen LogP contribution in [0.5, 0.6) is 5.75 Å². The van der Waals surface area contributed by atoms with Crippen molar-refractivity contribution in [1.82, 2.24) is 4.98 Å². The van der Waals surface area contributed by atoms with Crippen LogP contribution in [0, 0.1) is 0 Å². The predicted molar refractivity (Wildman–Crippen MR) is 75.3 cm³/mol. The fraction of sp³-hybridized carbons (Fsp3) is 0.357. The second-order valence-corrected chi connectivity index (χ2v) is 5.63. The molecule has 1 unspecified atom stereocenters. The zero-order valence-electron chi connectivity index (χ0n) is 10.7. The molecular formula is C14H18N2OS. The molecule has 0 aliphatic rings. The molecule has 0 aliphatic heterocycles. The summed E-state index contributed by atoms with van der Waals surface area (Å²) in [6.45, 7) is 2.02. The number of nitrogens with two attached hydrogens (primary N) is 1. The molecule has 96 valence electrons. The number of nitrogens with zero attached hydrogens (tertiary/aromatic N) is 1. The predicted octanol–water partition coefficient (Wildman–Crippen LogP) is 2.63. The highest BCUT2D eigenvalue weighted by molar-refractivity contribution is 7.11. The molecule has 1 aromatic heterocycles. The first kappa shape index (κ1) is 13.1. The number of hydrogen-bond acceptors (Lipinski definition) is 4. The van der Waals surface area contributed by atoms with Crippen molar-refractivity contribution in [3.63, 3.8) is 0 Å². The minimum Gasteiger partial charge on any atom is -0.497 e. The molecule has 0 saturated heterocycles. The van der Waals surface area contributed by atoms with Crippen LogP contribution in [0.1, 0.15) is 22.4 Å². The maximum Gasteiger partial charge on any atom is 0.118 e. The third-order valence-electron chi connectivity index (χ3n) is 2.64. The van der Waals surface area contributed by atoms with E-state index in [2.05, 4.69) is 17.1 Å². The van der Waals surface area contributed by atoms with Gasteiger partial charge in [0.1, 0.15) is 5.75 Å². The lowest BCUT2D eigenvalue weighted by Gasteiger charge is -2.01. The highest BCUT2D eigenvalue weighted by Crippen LogP contribution is 2.19. The van der Waals surface area contributed by atoms with Crippen LogP contribution in [0.3, 0.4) is 0 Å². The Bertz CT molecular complexity index is 491. The molecular weight excluding hydrogens is 244 g/mol. The molecule has 0 aliphatic carbocycles. The van der Waals surface area contributed by atoms with Crippen molar-refractivity contribution in [1.29, 1.82) is 0 Å². The number of thiazole rings is 1. The van der Waals surface area contributed by atoms with Crippen molar-refractivity contribution in [3.8, 4) is 5.75 Å². The highest BCUT2D eigenvalue weighted by Gasteiger charge is 2.05. The van der Waals surface area contributed by atoms with Crippen LogP contribution in [-0.4, -0.2) is 18.1 Å². The van der Waals surface area contributed by atoms with Crippen molar-refractivity contribution < 1.29 is 4.74 Å². The first-order valence-corrected chi connectivity index (χ1v) is 6.81. The fourth-order valence-electron chi connectivity index (χ4n) is 1.76. The van der Waals surface area contributed by atoms with Gasteiger partial charge in [0.25, 0.3) is 0 Å². The Hall–Kier alpha value is -1.39. The molecule has 1 heterocycles. The zero-order valence-corrected chi connectivity index (χ0v) is 11.5. The van der Waals surface area contributed by atoms with E-state index in [1.165, 1.54) is 10.4 Å². The molecule has 1 atom stereocenters. The van der Waals surface area contributed by atoms with Crippen molar-refractivity contribution in [2.75, 3.05) is 7.11 Å². The van der Waals surface area contributed by atoms with Gasteiger partial charge in [0.15, 0.2) is 0 Å². The molecule has 2 rings (SSSR count). The number of methoxy groups -OCH3 is 1. The first-order valence-electron chi connectivity index (χ1n) is 5.99. The molecule has 3 nitrogen and oxygen atoms in total. The second kappa shape index (κ2) is 5.98. The molecule has 4 heteroatoms. The Morgan fingerprint density at radius 2 is 2.06 bits per heavy atom. The Balaban J connectivity index is 2.01. The van der Waals surface area contributed by atoms with Gasteiger partial charge in [-0.25, -0.2) is 4.98 Å². The molecule has 0 spiro atoms. The van der Waals surface area contributed by atoms with E-state index < -0.39 is 0 Å². The van der Waals surface area contributed by atoms with E-state index in [1.54, 1.807) is 18.4 Å². The number of rotatable bonds is 5. The molecule has 0 radical (unpaired) electrons. The van der Waals surface area contributed by atoms with Crippen molar-refractivity contribution >= 4 is 11.3 Å². The maximum absolute atomic E-state index is 5.78. The van der Waals surface area contributed by atoms with E-state index in [-0.39, 0.29) is 6.04 Å². The summed E-state index contributed by atoms with van der Waals surface area (Å²) in [6.07, 6.45) is 3.71. The molecule has 0 fully saturated rings. The molecule has 2 aromatic rings. The van der Waals surface area contributed by atoms with Gasteiger partial charge in [-0.2, -0.15) is 0 Å². The molecule has 1 aromatic carbocycles. The summed E-state index contributed by atoms with van der Waals surface area (Å²) >= 11 is 1.74. The molecule has 0 saturated carbocycles. The average molecular weight is 262 g/mol. The van der Waals surface area contributed by atoms with E-state index in [9.17, 15) is 0 Å². The van der Waals surface area contributed by atoms with Gasteiger partial charge in [0, 0.05) is 23.5 Å². The van der Waals surface area contributed by atoms with Gasteiger partial charge in [0.2, 0.25) is 0 Å². The maximum atomic E-state index is 5.78. The first-order chi connectivity index (χ1) is 8.67. The summed E-state index contributed by atoms with van der Waals surface area (Å²) in [6, 6.07) is 8.30. The summed E-state index contributed by atoms with van der Waals surface area (Å²) in [5.74, 6) is 0.885. The van der Waals surface area contributed by atoms with Crippen molar-refractivity contribution in [2.24, 2.45) is 5.73 Å². The van der Waals surface area contributed by atoms with Crippen LogP contribution in [0.15, 0.2) is 30.5 Å². The van der Waals surface area contributed by atoms with Gasteiger partial charge in [0.05, 0.1) is 12.1 Å². The van der Waals surface area contributed by atoms with Crippen LogP contribution in [0.25, 0.3) is 0 Å². The number of ether oxygens (including phenoxy) is 1. The fourth-order valence-corrected chi connectivity index (χ4v) is 2.86. The average Bonchev–Trinajstić information content (AvgIpc) is 2.76. The summed E-state index contributed by atoms with van der Waals surface area (Å²) < 4.78 is 5.14. The van der Waals surface area contributed by atoms with E-state index in [0.29, 0.717) is 0 Å². The van der Waals surface area contributed by atoms with Gasteiger partial charge < -0.3 is 10.5 Å². The summed E-state index contributed by atoms with van der Waals surface area (Å²) in [5.41, 5.74) is 7.03. The van der Waals surface area contributed by atoms with Gasteiger partial charge in [-0.15, -0.1) is 11.3 Å². The third-order valence-corrected chi connectivity index (χ3v) is 3.66. The van der Waals surface area contributed by atoms with E-state index in [1.807, 2.05) is 25.3 Å². The Kier molecular flexibility index (Phi) is 4.33. The summed E-state index contributed by atoms with van der Waals surface area (Å²) in [7, 11) is 1.68. The lowest BCUT2D eigenvalue weighted by Crippen LogP contribution is -2.16. The van der Waals surface area contributed by atoms with E-state index in [4.69, 9.17) is 10.5 Å². The van der Waals surface area contributed by atoms with Gasteiger partial charge in [-0.1, -0.05) is 12.1 Å². The van der Waals surface area contributed by atoms with Crippen LogP contribution in [0.2, 0.25) is 0 Å². The molecule has 0 bridgehead atoms. The normalized spacial score (nSPS) is 12.4. The number of aromatic nitrogens is 1. The summed E-state index contributed by atoms with van der Waals surface area (Å²) in [5, 5.41) is 1.14.